The van der Waals surface area contributed by atoms with Gasteiger partial charge in [0.05, 0.1) is 12.3 Å². The molecule has 0 amide bonds. The number of benzene rings is 1. The second-order valence-corrected chi connectivity index (χ2v) is 4.58. The summed E-state index contributed by atoms with van der Waals surface area (Å²) >= 11 is 0. The Hall–Kier alpha value is -1.74. The molecule has 1 aliphatic heterocycles. The molecule has 0 spiro atoms. The fourth-order valence-corrected chi connectivity index (χ4v) is 2.46. The molecule has 1 atom stereocenters. The lowest BCUT2D eigenvalue weighted by Gasteiger charge is -2.21. The Labute approximate surface area is 101 Å². The van der Waals surface area contributed by atoms with Gasteiger partial charge in [0.2, 0.25) is 0 Å². The smallest absolute Gasteiger partial charge is 0.120 e. The van der Waals surface area contributed by atoms with E-state index in [1.807, 2.05) is 24.3 Å². The van der Waals surface area contributed by atoms with E-state index in [1.54, 1.807) is 6.26 Å². The van der Waals surface area contributed by atoms with E-state index < -0.39 is 0 Å². The predicted molar refractivity (Wildman–Crippen MR) is 67.2 cm³/mol. The highest BCUT2D eigenvalue weighted by Gasteiger charge is 2.26. The van der Waals surface area contributed by atoms with Crippen molar-refractivity contribution in [2.45, 2.75) is 26.1 Å². The van der Waals surface area contributed by atoms with Crippen molar-refractivity contribution in [1.82, 2.24) is 4.90 Å². The minimum atomic E-state index is 0.289. The van der Waals surface area contributed by atoms with Crippen molar-refractivity contribution in [3.05, 3.63) is 53.5 Å². The Morgan fingerprint density at radius 2 is 2.12 bits per heavy atom. The van der Waals surface area contributed by atoms with Crippen LogP contribution in [-0.4, -0.2) is 4.90 Å². The van der Waals surface area contributed by atoms with Gasteiger partial charge in [0, 0.05) is 18.8 Å². The zero-order valence-electron chi connectivity index (χ0n) is 9.89. The number of hydrogen-bond acceptors (Lipinski definition) is 3. The number of anilines is 1. The van der Waals surface area contributed by atoms with Crippen LogP contribution in [0.15, 0.2) is 41.0 Å². The zero-order valence-corrected chi connectivity index (χ0v) is 9.89. The topological polar surface area (TPSA) is 42.4 Å². The summed E-state index contributed by atoms with van der Waals surface area (Å²) in [5, 5.41) is 0. The summed E-state index contributed by atoms with van der Waals surface area (Å²) in [5.41, 5.74) is 9.51. The molecule has 0 saturated carbocycles. The molecule has 2 heterocycles. The molecule has 1 unspecified atom stereocenters. The average molecular weight is 228 g/mol. The molecule has 3 rings (SSSR count). The molecule has 0 aliphatic carbocycles. The van der Waals surface area contributed by atoms with Crippen LogP contribution in [0.4, 0.5) is 5.69 Å². The number of rotatable bonds is 2. The van der Waals surface area contributed by atoms with Crippen LogP contribution in [0.1, 0.15) is 29.9 Å². The van der Waals surface area contributed by atoms with E-state index in [0.29, 0.717) is 0 Å². The first kappa shape index (κ1) is 10.4. The molecule has 3 nitrogen and oxygen atoms in total. The summed E-state index contributed by atoms with van der Waals surface area (Å²) in [5.74, 6) is 1.01. The monoisotopic (exact) mass is 228 g/mol. The van der Waals surface area contributed by atoms with Crippen LogP contribution in [0.3, 0.4) is 0 Å². The van der Waals surface area contributed by atoms with Crippen molar-refractivity contribution in [3.63, 3.8) is 0 Å². The molecule has 1 aromatic carbocycles. The van der Waals surface area contributed by atoms with Gasteiger partial charge in [0.25, 0.3) is 0 Å². The zero-order chi connectivity index (χ0) is 11.8. The summed E-state index contributed by atoms with van der Waals surface area (Å²) in [7, 11) is 0. The second-order valence-electron chi connectivity index (χ2n) is 4.58. The van der Waals surface area contributed by atoms with Crippen LogP contribution < -0.4 is 5.73 Å². The van der Waals surface area contributed by atoms with Crippen molar-refractivity contribution in [2.75, 3.05) is 5.73 Å². The minimum absolute atomic E-state index is 0.289. The van der Waals surface area contributed by atoms with Gasteiger partial charge in [-0.3, -0.25) is 4.90 Å². The van der Waals surface area contributed by atoms with Gasteiger partial charge in [-0.05, 0) is 36.2 Å². The molecule has 2 aromatic rings. The van der Waals surface area contributed by atoms with E-state index in [1.165, 1.54) is 11.1 Å². The molecular weight excluding hydrogens is 212 g/mol. The van der Waals surface area contributed by atoms with Gasteiger partial charge in [-0.15, -0.1) is 0 Å². The molecule has 0 radical (unpaired) electrons. The van der Waals surface area contributed by atoms with Crippen molar-refractivity contribution < 1.29 is 4.42 Å². The predicted octanol–water partition coefficient (Wildman–Crippen LogP) is 2.94. The van der Waals surface area contributed by atoms with Gasteiger partial charge in [-0.2, -0.15) is 0 Å². The number of nitrogen functional groups attached to an aromatic ring is 1. The van der Waals surface area contributed by atoms with Gasteiger partial charge < -0.3 is 10.2 Å². The third-order valence-corrected chi connectivity index (χ3v) is 3.55. The van der Waals surface area contributed by atoms with E-state index in [4.69, 9.17) is 10.2 Å². The molecule has 1 aliphatic rings. The fourth-order valence-electron chi connectivity index (χ4n) is 2.46. The first-order chi connectivity index (χ1) is 8.25. The number of nitrogens with zero attached hydrogens (tertiary/aromatic N) is 1. The minimum Gasteiger partial charge on any atom is -0.468 e. The molecule has 2 N–H and O–H groups in total. The summed E-state index contributed by atoms with van der Waals surface area (Å²) in [6.45, 7) is 4.02. The van der Waals surface area contributed by atoms with Gasteiger partial charge >= 0.3 is 0 Å². The first-order valence-electron chi connectivity index (χ1n) is 5.89. The molecule has 88 valence electrons. The summed E-state index contributed by atoms with van der Waals surface area (Å²) in [6.07, 6.45) is 1.73. The average Bonchev–Trinajstić information content (AvgIpc) is 2.98. The largest absolute Gasteiger partial charge is 0.468 e. The third-order valence-electron chi connectivity index (χ3n) is 3.55. The van der Waals surface area contributed by atoms with Crippen LogP contribution in [0, 0.1) is 0 Å². The maximum atomic E-state index is 6.00. The summed E-state index contributed by atoms with van der Waals surface area (Å²) in [6, 6.07) is 10.4. The lowest BCUT2D eigenvalue weighted by molar-refractivity contribution is 0.190. The number of fused-ring (bicyclic) bond motifs is 1. The van der Waals surface area contributed by atoms with Crippen molar-refractivity contribution in [1.29, 1.82) is 0 Å². The van der Waals surface area contributed by atoms with Crippen LogP contribution in [0.25, 0.3) is 0 Å². The van der Waals surface area contributed by atoms with E-state index in [2.05, 4.69) is 17.9 Å². The van der Waals surface area contributed by atoms with Crippen LogP contribution >= 0.6 is 0 Å². The highest BCUT2D eigenvalue weighted by atomic mass is 16.3. The van der Waals surface area contributed by atoms with Gasteiger partial charge in [0.1, 0.15) is 5.76 Å². The van der Waals surface area contributed by atoms with Gasteiger partial charge in [0.15, 0.2) is 0 Å². The van der Waals surface area contributed by atoms with Gasteiger partial charge in [-0.1, -0.05) is 12.1 Å². The van der Waals surface area contributed by atoms with Crippen molar-refractivity contribution in [2.24, 2.45) is 0 Å². The molecule has 1 aromatic heterocycles. The standard InChI is InChI=1S/C14H16N2O/c1-10(14-6-3-7-17-14)16-8-11-4-2-5-13(15)12(11)9-16/h2-7,10H,8-9,15H2,1H3. The SMILES string of the molecule is CC(c1ccco1)N1Cc2cccc(N)c2C1. The number of hydrogen-bond donors (Lipinski definition) is 1. The lowest BCUT2D eigenvalue weighted by Crippen LogP contribution is -2.20. The van der Waals surface area contributed by atoms with Crippen molar-refractivity contribution >= 4 is 5.69 Å². The fraction of sp³-hybridized carbons (Fsp3) is 0.286. The highest BCUT2D eigenvalue weighted by Crippen LogP contribution is 2.33. The normalized spacial score (nSPS) is 17.0. The third kappa shape index (κ3) is 1.72. The van der Waals surface area contributed by atoms with E-state index in [9.17, 15) is 0 Å². The molecule has 0 fully saturated rings. The Morgan fingerprint density at radius 1 is 1.24 bits per heavy atom. The highest BCUT2D eigenvalue weighted by molar-refractivity contribution is 5.52. The van der Waals surface area contributed by atoms with Crippen molar-refractivity contribution in [3.8, 4) is 0 Å². The van der Waals surface area contributed by atoms with Crippen LogP contribution in [0.5, 0.6) is 0 Å². The quantitative estimate of drug-likeness (QED) is 0.803. The first-order valence-corrected chi connectivity index (χ1v) is 5.89. The van der Waals surface area contributed by atoms with E-state index in [0.717, 1.165) is 24.5 Å². The Morgan fingerprint density at radius 3 is 2.82 bits per heavy atom. The number of nitrogens with two attached hydrogens (primary N) is 1. The van der Waals surface area contributed by atoms with Crippen LogP contribution in [0.2, 0.25) is 0 Å². The molecular formula is C14H16N2O. The number of furan rings is 1. The second kappa shape index (κ2) is 3.93. The summed E-state index contributed by atoms with van der Waals surface area (Å²) in [4.78, 5) is 2.37. The van der Waals surface area contributed by atoms with E-state index in [-0.39, 0.29) is 6.04 Å². The van der Waals surface area contributed by atoms with Gasteiger partial charge in [-0.25, -0.2) is 0 Å². The van der Waals surface area contributed by atoms with Crippen LogP contribution in [-0.2, 0) is 13.1 Å². The van der Waals surface area contributed by atoms with E-state index >= 15 is 0 Å². The summed E-state index contributed by atoms with van der Waals surface area (Å²) < 4.78 is 5.46. The Bertz CT molecular complexity index is 519. The Kier molecular flexibility index (Phi) is 2.41. The maximum Gasteiger partial charge on any atom is 0.120 e. The Balaban J connectivity index is 1.85. The molecule has 3 heteroatoms. The molecule has 17 heavy (non-hydrogen) atoms. The lowest BCUT2D eigenvalue weighted by atomic mass is 10.1. The molecule has 0 bridgehead atoms. The molecule has 0 saturated heterocycles. The maximum absolute atomic E-state index is 6.00.